The number of rotatable bonds is 3. The number of aliphatic hydroxyl groups excluding tert-OH is 1. The van der Waals surface area contributed by atoms with Crippen LogP contribution in [-0.2, 0) is 6.42 Å². The zero-order valence-corrected chi connectivity index (χ0v) is 13.0. The second kappa shape index (κ2) is 6.00. The Morgan fingerprint density at radius 3 is 2.78 bits per heavy atom. The molecule has 0 aliphatic carbocycles. The molecule has 1 aliphatic heterocycles. The molecule has 1 amide bonds. The summed E-state index contributed by atoms with van der Waals surface area (Å²) in [5.41, 5.74) is 0.507. The Morgan fingerprint density at radius 1 is 1.35 bits per heavy atom. The summed E-state index contributed by atoms with van der Waals surface area (Å²) in [5.74, 6) is 0.541. The highest BCUT2D eigenvalue weighted by Gasteiger charge is 2.36. The maximum Gasteiger partial charge on any atom is 0.289 e. The van der Waals surface area contributed by atoms with E-state index < -0.39 is 6.10 Å². The predicted molar refractivity (Wildman–Crippen MR) is 80.1 cm³/mol. The Hall–Kier alpha value is -2.41. The molecule has 7 heteroatoms. The normalized spacial score (nSPS) is 20.9. The summed E-state index contributed by atoms with van der Waals surface area (Å²) >= 11 is 0. The predicted octanol–water partition coefficient (Wildman–Crippen LogP) is 0.920. The van der Waals surface area contributed by atoms with Crippen molar-refractivity contribution < 1.29 is 18.8 Å². The van der Waals surface area contributed by atoms with Crippen LogP contribution in [-0.4, -0.2) is 40.3 Å². The minimum absolute atomic E-state index is 0.00152. The number of amides is 1. The lowest BCUT2D eigenvalue weighted by atomic mass is 10.0. The molecular formula is C16H18N2O5. The van der Waals surface area contributed by atoms with Gasteiger partial charge in [-0.2, -0.15) is 0 Å². The van der Waals surface area contributed by atoms with Gasteiger partial charge in [0.2, 0.25) is 0 Å². The van der Waals surface area contributed by atoms with Gasteiger partial charge >= 0.3 is 0 Å². The van der Waals surface area contributed by atoms with E-state index >= 15 is 0 Å². The molecular weight excluding hydrogens is 300 g/mol. The van der Waals surface area contributed by atoms with Crippen molar-refractivity contribution in [2.75, 3.05) is 13.1 Å². The van der Waals surface area contributed by atoms with Crippen LogP contribution in [0.3, 0.4) is 0 Å². The molecule has 2 aromatic heterocycles. The molecule has 0 radical (unpaired) electrons. The lowest BCUT2D eigenvalue weighted by molar-refractivity contribution is 0.0729. The summed E-state index contributed by atoms with van der Waals surface area (Å²) in [5, 5.41) is 14.0. The topological polar surface area (TPSA) is 96.8 Å². The number of hydrogen-bond donors (Lipinski definition) is 1. The van der Waals surface area contributed by atoms with Crippen LogP contribution >= 0.6 is 0 Å². The van der Waals surface area contributed by atoms with E-state index in [0.29, 0.717) is 24.5 Å². The van der Waals surface area contributed by atoms with Crippen molar-refractivity contribution in [2.24, 2.45) is 5.92 Å². The van der Waals surface area contributed by atoms with Crippen LogP contribution in [0.15, 0.2) is 31.9 Å². The number of nitrogens with zero attached hydrogens (tertiary/aromatic N) is 2. The Labute approximate surface area is 132 Å². The lowest BCUT2D eigenvalue weighted by Gasteiger charge is -2.15. The summed E-state index contributed by atoms with van der Waals surface area (Å²) in [6.45, 7) is 4.02. The molecule has 0 spiro atoms. The molecule has 3 heterocycles. The molecule has 1 aliphatic rings. The summed E-state index contributed by atoms with van der Waals surface area (Å²) in [6, 6.07) is 4.32. The Balaban J connectivity index is 1.72. The molecule has 1 fully saturated rings. The quantitative estimate of drug-likeness (QED) is 0.904. The van der Waals surface area contributed by atoms with Crippen molar-refractivity contribution >= 4 is 5.91 Å². The van der Waals surface area contributed by atoms with E-state index in [1.54, 1.807) is 6.92 Å². The molecule has 2 atom stereocenters. The fourth-order valence-corrected chi connectivity index (χ4v) is 2.86. The Bertz CT molecular complexity index is 779. The fourth-order valence-electron chi connectivity index (χ4n) is 2.86. The zero-order chi connectivity index (χ0) is 16.6. The highest BCUT2D eigenvalue weighted by molar-refractivity contribution is 5.91. The van der Waals surface area contributed by atoms with E-state index in [2.05, 4.69) is 5.16 Å². The standard InChI is InChI=1S/C16H18N2O5/c1-9-3-13(23-17-9)5-11-7-18(8-14(11)20)16(21)15-6-12(19)4-10(2)22-15/h3-4,6,11,14,20H,5,7-8H2,1-2H3/t11-,14+/m1/s1. The number of hydrogen-bond acceptors (Lipinski definition) is 6. The van der Waals surface area contributed by atoms with Gasteiger partial charge in [-0.05, 0) is 13.8 Å². The average molecular weight is 318 g/mol. The second-order valence-electron chi connectivity index (χ2n) is 5.94. The van der Waals surface area contributed by atoms with Crippen molar-refractivity contribution in [3.05, 3.63) is 51.4 Å². The molecule has 3 rings (SSSR count). The van der Waals surface area contributed by atoms with Crippen molar-refractivity contribution in [2.45, 2.75) is 26.4 Å². The van der Waals surface area contributed by atoms with Gasteiger partial charge in [0.25, 0.3) is 5.91 Å². The lowest BCUT2D eigenvalue weighted by Crippen LogP contribution is -2.30. The SMILES string of the molecule is Cc1cc(C[C@@H]2CN(C(=O)c3cc(=O)cc(C)o3)C[C@@H]2O)on1. The average Bonchev–Trinajstić information content (AvgIpc) is 3.04. The van der Waals surface area contributed by atoms with Gasteiger partial charge in [-0.1, -0.05) is 5.16 Å². The zero-order valence-electron chi connectivity index (χ0n) is 13.0. The number of aryl methyl sites for hydroxylation is 2. The first-order valence-electron chi connectivity index (χ1n) is 7.43. The number of carbonyl (C=O) groups is 1. The van der Waals surface area contributed by atoms with Gasteiger partial charge in [0.05, 0.1) is 11.8 Å². The fraction of sp³-hybridized carbons (Fsp3) is 0.438. The monoisotopic (exact) mass is 318 g/mol. The number of β-amino-alcohol motifs (C(OH)–C–C–N with tert-alkyl or cyclic N) is 1. The van der Waals surface area contributed by atoms with Crippen molar-refractivity contribution in [3.8, 4) is 0 Å². The largest absolute Gasteiger partial charge is 0.456 e. The number of aromatic nitrogens is 1. The van der Waals surface area contributed by atoms with Gasteiger partial charge in [-0.15, -0.1) is 0 Å². The maximum absolute atomic E-state index is 12.4. The molecule has 0 unspecified atom stereocenters. The van der Waals surface area contributed by atoms with Crippen LogP contribution in [0.5, 0.6) is 0 Å². The number of aliphatic hydroxyl groups is 1. The summed E-state index contributed by atoms with van der Waals surface area (Å²) < 4.78 is 10.5. The minimum atomic E-state index is -0.652. The van der Waals surface area contributed by atoms with Gasteiger partial charge < -0.3 is 18.9 Å². The smallest absolute Gasteiger partial charge is 0.289 e. The third-order valence-electron chi connectivity index (χ3n) is 3.93. The third kappa shape index (κ3) is 3.34. The van der Waals surface area contributed by atoms with Crippen molar-refractivity contribution in [1.29, 1.82) is 0 Å². The van der Waals surface area contributed by atoms with Crippen LogP contribution in [0.25, 0.3) is 0 Å². The van der Waals surface area contributed by atoms with Gasteiger partial charge in [0.1, 0.15) is 11.5 Å². The van der Waals surface area contributed by atoms with E-state index in [1.165, 1.54) is 17.0 Å². The summed E-state index contributed by atoms with van der Waals surface area (Å²) in [7, 11) is 0. The van der Waals surface area contributed by atoms with Crippen molar-refractivity contribution in [1.82, 2.24) is 10.1 Å². The third-order valence-corrected chi connectivity index (χ3v) is 3.93. The molecule has 0 saturated carbocycles. The molecule has 0 bridgehead atoms. The van der Waals surface area contributed by atoms with Crippen LogP contribution in [0.4, 0.5) is 0 Å². The molecule has 122 valence electrons. The van der Waals surface area contributed by atoms with Gasteiger partial charge in [0.15, 0.2) is 11.2 Å². The maximum atomic E-state index is 12.4. The van der Waals surface area contributed by atoms with E-state index in [1.807, 2.05) is 13.0 Å². The van der Waals surface area contributed by atoms with Gasteiger partial charge in [-0.3, -0.25) is 9.59 Å². The van der Waals surface area contributed by atoms with Crippen LogP contribution in [0.1, 0.15) is 27.8 Å². The molecule has 0 aromatic carbocycles. The minimum Gasteiger partial charge on any atom is -0.456 e. The molecule has 23 heavy (non-hydrogen) atoms. The van der Waals surface area contributed by atoms with Crippen LogP contribution < -0.4 is 5.43 Å². The molecule has 1 saturated heterocycles. The number of likely N-dealkylation sites (tertiary alicyclic amines) is 1. The highest BCUT2D eigenvalue weighted by atomic mass is 16.5. The molecule has 7 nitrogen and oxygen atoms in total. The molecule has 1 N–H and O–H groups in total. The van der Waals surface area contributed by atoms with E-state index in [-0.39, 0.29) is 29.6 Å². The Kier molecular flexibility index (Phi) is 4.04. The van der Waals surface area contributed by atoms with E-state index in [9.17, 15) is 14.7 Å². The summed E-state index contributed by atoms with van der Waals surface area (Å²) in [6.07, 6.45) is -0.148. The van der Waals surface area contributed by atoms with Crippen molar-refractivity contribution in [3.63, 3.8) is 0 Å². The first kappa shape index (κ1) is 15.5. The van der Waals surface area contributed by atoms with Crippen LogP contribution in [0.2, 0.25) is 0 Å². The first-order valence-corrected chi connectivity index (χ1v) is 7.43. The highest BCUT2D eigenvalue weighted by Crippen LogP contribution is 2.23. The van der Waals surface area contributed by atoms with Crippen LogP contribution in [0, 0.1) is 19.8 Å². The first-order chi connectivity index (χ1) is 10.9. The van der Waals surface area contributed by atoms with Gasteiger partial charge in [-0.25, -0.2) is 0 Å². The Morgan fingerprint density at radius 2 is 2.13 bits per heavy atom. The molecule has 2 aromatic rings. The van der Waals surface area contributed by atoms with Gasteiger partial charge in [0, 0.05) is 43.6 Å². The van der Waals surface area contributed by atoms with E-state index in [4.69, 9.17) is 8.94 Å². The number of carbonyl (C=O) groups excluding carboxylic acids is 1. The second-order valence-corrected chi connectivity index (χ2v) is 5.94. The van der Waals surface area contributed by atoms with E-state index in [0.717, 1.165) is 5.69 Å². The summed E-state index contributed by atoms with van der Waals surface area (Å²) in [4.78, 5) is 25.4.